The molecule has 7 heteroatoms. The Hall–Kier alpha value is -3.35. The van der Waals surface area contributed by atoms with Gasteiger partial charge in [-0.3, -0.25) is 0 Å². The summed E-state index contributed by atoms with van der Waals surface area (Å²) in [4.78, 5) is 36.0. The number of hydrogen-bond acceptors (Lipinski definition) is 7. The van der Waals surface area contributed by atoms with Crippen LogP contribution in [0.2, 0.25) is 0 Å². The van der Waals surface area contributed by atoms with Crippen molar-refractivity contribution in [3.05, 3.63) is 59.7 Å². The molecule has 2 aromatic rings. The summed E-state index contributed by atoms with van der Waals surface area (Å²) in [5.41, 5.74) is 0.156. The van der Waals surface area contributed by atoms with Crippen LogP contribution in [-0.2, 0) is 14.3 Å². The van der Waals surface area contributed by atoms with E-state index < -0.39 is 17.9 Å². The van der Waals surface area contributed by atoms with E-state index in [1.54, 1.807) is 38.1 Å². The van der Waals surface area contributed by atoms with Crippen molar-refractivity contribution in [3.8, 4) is 11.5 Å². The molecule has 2 rings (SSSR count). The summed E-state index contributed by atoms with van der Waals surface area (Å²) < 4.78 is 20.4. The molecule has 2 aromatic carbocycles. The van der Waals surface area contributed by atoms with Crippen LogP contribution in [0.3, 0.4) is 0 Å². The summed E-state index contributed by atoms with van der Waals surface area (Å²) in [5, 5.41) is 0. The fraction of sp³-hybridized carbons (Fsp3) is 0.250. The Morgan fingerprint density at radius 3 is 1.85 bits per heavy atom. The predicted molar refractivity (Wildman–Crippen MR) is 95.9 cm³/mol. The quantitative estimate of drug-likeness (QED) is 0.520. The topological polar surface area (TPSA) is 88.1 Å². The van der Waals surface area contributed by atoms with Gasteiger partial charge in [0.2, 0.25) is 0 Å². The van der Waals surface area contributed by atoms with Crippen molar-refractivity contribution in [2.45, 2.75) is 13.8 Å². The molecule has 0 bridgehead atoms. The molecule has 0 N–H and O–H groups in total. The van der Waals surface area contributed by atoms with E-state index in [1.165, 1.54) is 18.2 Å². The highest BCUT2D eigenvalue weighted by Crippen LogP contribution is 2.20. The molecule has 0 atom stereocenters. The van der Waals surface area contributed by atoms with Crippen LogP contribution < -0.4 is 9.47 Å². The first-order valence-corrected chi connectivity index (χ1v) is 8.41. The van der Waals surface area contributed by atoms with E-state index in [2.05, 4.69) is 0 Å². The Bertz CT molecular complexity index is 763. The molecule has 142 valence electrons. The van der Waals surface area contributed by atoms with Gasteiger partial charge in [0, 0.05) is 0 Å². The van der Waals surface area contributed by atoms with Crippen molar-refractivity contribution in [2.24, 2.45) is 0 Å². The Morgan fingerprint density at radius 1 is 0.778 bits per heavy atom. The number of carbonyl (C=O) groups is 3. The molecule has 0 aromatic heterocycles. The lowest BCUT2D eigenvalue weighted by atomic mass is 10.1. The van der Waals surface area contributed by atoms with Gasteiger partial charge in [-0.05, 0) is 44.2 Å². The third kappa shape index (κ3) is 6.14. The van der Waals surface area contributed by atoms with Crippen LogP contribution in [0.1, 0.15) is 34.6 Å². The Morgan fingerprint density at radius 2 is 1.33 bits per heavy atom. The zero-order valence-corrected chi connectivity index (χ0v) is 15.1. The Labute approximate surface area is 156 Å². The van der Waals surface area contributed by atoms with Gasteiger partial charge in [-0.15, -0.1) is 0 Å². The minimum absolute atomic E-state index is 0.0188. The van der Waals surface area contributed by atoms with Gasteiger partial charge in [-0.2, -0.15) is 0 Å². The maximum atomic E-state index is 12.0. The molecule has 0 heterocycles. The van der Waals surface area contributed by atoms with E-state index in [4.69, 9.17) is 18.9 Å². The van der Waals surface area contributed by atoms with Gasteiger partial charge in [0.05, 0.1) is 24.3 Å². The minimum atomic E-state index is -0.685. The second-order valence-corrected chi connectivity index (χ2v) is 5.26. The number of carbonyl (C=O) groups excluding carboxylic acids is 3. The van der Waals surface area contributed by atoms with E-state index >= 15 is 0 Å². The van der Waals surface area contributed by atoms with E-state index in [-0.39, 0.29) is 36.7 Å². The van der Waals surface area contributed by atoms with E-state index in [1.807, 2.05) is 6.07 Å². The number of rotatable bonds is 8. The van der Waals surface area contributed by atoms with Gasteiger partial charge < -0.3 is 18.9 Å². The van der Waals surface area contributed by atoms with Crippen LogP contribution >= 0.6 is 0 Å². The van der Waals surface area contributed by atoms with Crippen LogP contribution in [-0.4, -0.2) is 37.7 Å². The number of ether oxygens (including phenoxy) is 4. The molecule has 0 aliphatic heterocycles. The van der Waals surface area contributed by atoms with Crippen LogP contribution in [0.5, 0.6) is 11.5 Å². The van der Waals surface area contributed by atoms with Crippen molar-refractivity contribution >= 4 is 17.9 Å². The third-order valence-electron chi connectivity index (χ3n) is 3.26. The van der Waals surface area contributed by atoms with Gasteiger partial charge in [0.15, 0.2) is 6.61 Å². The van der Waals surface area contributed by atoms with E-state index in [0.717, 1.165) is 0 Å². The van der Waals surface area contributed by atoms with Crippen molar-refractivity contribution in [3.63, 3.8) is 0 Å². The van der Waals surface area contributed by atoms with Crippen LogP contribution in [0.4, 0.5) is 0 Å². The first-order valence-electron chi connectivity index (χ1n) is 8.41. The first kappa shape index (κ1) is 20.0. The summed E-state index contributed by atoms with van der Waals surface area (Å²) in [5.74, 6) is -1.43. The highest BCUT2D eigenvalue weighted by atomic mass is 16.6. The number of hydrogen-bond donors (Lipinski definition) is 0. The fourth-order valence-electron chi connectivity index (χ4n) is 2.14. The fourth-order valence-corrected chi connectivity index (χ4v) is 2.14. The molecular weight excluding hydrogens is 352 g/mol. The molecule has 7 nitrogen and oxygen atoms in total. The SMILES string of the molecule is CCOC(=O)c1cc(OC(=O)COc2ccccc2)cc(C(=O)OCC)c1. The molecule has 0 amide bonds. The highest BCUT2D eigenvalue weighted by molar-refractivity contribution is 5.96. The highest BCUT2D eigenvalue weighted by Gasteiger charge is 2.17. The summed E-state index contributed by atoms with van der Waals surface area (Å²) in [6, 6.07) is 12.7. The van der Waals surface area contributed by atoms with Gasteiger partial charge in [-0.1, -0.05) is 18.2 Å². The molecule has 0 unspecified atom stereocenters. The van der Waals surface area contributed by atoms with Gasteiger partial charge in [-0.25, -0.2) is 14.4 Å². The average molecular weight is 372 g/mol. The largest absolute Gasteiger partial charge is 0.482 e. The average Bonchev–Trinajstić information content (AvgIpc) is 2.67. The normalized spacial score (nSPS) is 10.0. The smallest absolute Gasteiger partial charge is 0.349 e. The number of benzene rings is 2. The van der Waals surface area contributed by atoms with E-state index in [9.17, 15) is 14.4 Å². The lowest BCUT2D eigenvalue weighted by Crippen LogP contribution is -2.18. The summed E-state index contributed by atoms with van der Waals surface area (Å²) in [6.45, 7) is 3.33. The summed E-state index contributed by atoms with van der Waals surface area (Å²) >= 11 is 0. The van der Waals surface area contributed by atoms with Crippen LogP contribution in [0.25, 0.3) is 0 Å². The lowest BCUT2D eigenvalue weighted by Gasteiger charge is -2.10. The molecule has 0 radical (unpaired) electrons. The lowest BCUT2D eigenvalue weighted by molar-refractivity contribution is -0.136. The molecular formula is C20H20O7. The summed E-state index contributed by atoms with van der Waals surface area (Å²) in [7, 11) is 0. The first-order chi connectivity index (χ1) is 13.0. The molecule has 0 aliphatic rings. The maximum Gasteiger partial charge on any atom is 0.349 e. The second-order valence-electron chi connectivity index (χ2n) is 5.26. The Balaban J connectivity index is 2.14. The zero-order valence-electron chi connectivity index (χ0n) is 15.1. The molecule has 0 aliphatic carbocycles. The molecule has 27 heavy (non-hydrogen) atoms. The van der Waals surface area contributed by atoms with Crippen molar-refractivity contribution < 1.29 is 33.3 Å². The number of esters is 3. The van der Waals surface area contributed by atoms with Crippen LogP contribution in [0.15, 0.2) is 48.5 Å². The minimum Gasteiger partial charge on any atom is -0.482 e. The molecule has 0 fully saturated rings. The molecule has 0 saturated carbocycles. The van der Waals surface area contributed by atoms with Gasteiger partial charge in [0.25, 0.3) is 0 Å². The summed E-state index contributed by atoms with van der Waals surface area (Å²) in [6.07, 6.45) is 0. The van der Waals surface area contributed by atoms with Crippen molar-refractivity contribution in [1.82, 2.24) is 0 Å². The second kappa shape index (κ2) is 9.96. The van der Waals surface area contributed by atoms with E-state index in [0.29, 0.717) is 5.75 Å². The van der Waals surface area contributed by atoms with Crippen LogP contribution in [0, 0.1) is 0 Å². The van der Waals surface area contributed by atoms with Gasteiger partial charge in [0.1, 0.15) is 11.5 Å². The Kier molecular flexibility index (Phi) is 7.37. The zero-order chi connectivity index (χ0) is 19.6. The van der Waals surface area contributed by atoms with Gasteiger partial charge >= 0.3 is 17.9 Å². The molecule has 0 spiro atoms. The predicted octanol–water partition coefficient (Wildman–Crippen LogP) is 3.02. The molecule has 0 saturated heterocycles. The standard InChI is InChI=1S/C20H20O7/c1-3-24-19(22)14-10-15(20(23)25-4-2)12-17(11-14)27-18(21)13-26-16-8-6-5-7-9-16/h5-12H,3-4,13H2,1-2H3. The third-order valence-corrected chi connectivity index (χ3v) is 3.26. The van der Waals surface area contributed by atoms with Crippen molar-refractivity contribution in [1.29, 1.82) is 0 Å². The monoisotopic (exact) mass is 372 g/mol. The van der Waals surface area contributed by atoms with Crippen molar-refractivity contribution in [2.75, 3.05) is 19.8 Å². The maximum absolute atomic E-state index is 12.0. The number of para-hydroxylation sites is 1.